The summed E-state index contributed by atoms with van der Waals surface area (Å²) in [6.07, 6.45) is 5.98. The van der Waals surface area contributed by atoms with Crippen molar-refractivity contribution in [3.63, 3.8) is 0 Å². The van der Waals surface area contributed by atoms with Crippen LogP contribution in [-0.4, -0.2) is 32.5 Å². The van der Waals surface area contributed by atoms with Crippen LogP contribution < -0.4 is 10.0 Å². The topological polar surface area (TPSA) is 58.2 Å². The molecule has 0 aliphatic heterocycles. The Balaban J connectivity index is 1.98. The SMILES string of the molecule is CCNS(=O)(=O)c1ccc(NCC2(SC)CCC2)cc1. The summed E-state index contributed by atoms with van der Waals surface area (Å²) in [6, 6.07) is 6.95. The normalized spacial score (nSPS) is 17.5. The zero-order valence-corrected chi connectivity index (χ0v) is 13.6. The fourth-order valence-corrected chi connectivity index (χ4v) is 4.27. The van der Waals surface area contributed by atoms with Crippen LogP contribution >= 0.6 is 11.8 Å². The highest BCUT2D eigenvalue weighted by Crippen LogP contribution is 2.42. The van der Waals surface area contributed by atoms with Crippen molar-refractivity contribution in [2.75, 3.05) is 24.7 Å². The second kappa shape index (κ2) is 6.37. The third-order valence-electron chi connectivity index (χ3n) is 3.81. The fourth-order valence-electron chi connectivity index (χ4n) is 2.31. The van der Waals surface area contributed by atoms with E-state index in [2.05, 4.69) is 16.3 Å². The molecule has 0 saturated heterocycles. The Bertz CT molecular complexity index is 531. The molecule has 0 spiro atoms. The van der Waals surface area contributed by atoms with Crippen LogP contribution in [0.15, 0.2) is 29.2 Å². The van der Waals surface area contributed by atoms with Crippen LogP contribution in [0.1, 0.15) is 26.2 Å². The highest BCUT2D eigenvalue weighted by molar-refractivity contribution is 8.00. The predicted molar refractivity (Wildman–Crippen MR) is 85.9 cm³/mol. The first-order valence-corrected chi connectivity index (χ1v) is 9.61. The molecule has 1 aliphatic rings. The maximum atomic E-state index is 11.8. The van der Waals surface area contributed by atoms with E-state index >= 15 is 0 Å². The molecule has 0 radical (unpaired) electrons. The van der Waals surface area contributed by atoms with Crippen LogP contribution in [0.25, 0.3) is 0 Å². The number of anilines is 1. The molecule has 1 aromatic rings. The number of nitrogens with one attached hydrogen (secondary N) is 2. The monoisotopic (exact) mass is 314 g/mol. The lowest BCUT2D eigenvalue weighted by molar-refractivity contribution is 0.380. The van der Waals surface area contributed by atoms with Crippen molar-refractivity contribution in [3.05, 3.63) is 24.3 Å². The van der Waals surface area contributed by atoms with E-state index in [4.69, 9.17) is 0 Å². The number of benzene rings is 1. The lowest BCUT2D eigenvalue weighted by Gasteiger charge is -2.40. The summed E-state index contributed by atoms with van der Waals surface area (Å²) in [4.78, 5) is 0.313. The van der Waals surface area contributed by atoms with E-state index in [1.807, 2.05) is 23.9 Å². The van der Waals surface area contributed by atoms with Gasteiger partial charge in [-0.25, -0.2) is 13.1 Å². The van der Waals surface area contributed by atoms with Crippen molar-refractivity contribution in [1.82, 2.24) is 4.72 Å². The van der Waals surface area contributed by atoms with Crippen LogP contribution in [0.4, 0.5) is 5.69 Å². The molecule has 1 fully saturated rings. The van der Waals surface area contributed by atoms with E-state index < -0.39 is 10.0 Å². The maximum Gasteiger partial charge on any atom is 0.240 e. The first-order valence-electron chi connectivity index (χ1n) is 6.90. The molecule has 6 heteroatoms. The van der Waals surface area contributed by atoms with Crippen LogP contribution in [0.5, 0.6) is 0 Å². The van der Waals surface area contributed by atoms with Crippen LogP contribution in [0, 0.1) is 0 Å². The van der Waals surface area contributed by atoms with Gasteiger partial charge in [0.15, 0.2) is 0 Å². The molecule has 1 aliphatic carbocycles. The molecule has 20 heavy (non-hydrogen) atoms. The van der Waals surface area contributed by atoms with Gasteiger partial charge in [0.1, 0.15) is 0 Å². The van der Waals surface area contributed by atoms with Gasteiger partial charge < -0.3 is 5.32 Å². The molecule has 0 heterocycles. The lowest BCUT2D eigenvalue weighted by Crippen LogP contribution is -2.40. The molecular formula is C14H22N2O2S2. The minimum atomic E-state index is -3.35. The molecule has 0 amide bonds. The van der Waals surface area contributed by atoms with Crippen LogP contribution in [0.2, 0.25) is 0 Å². The summed E-state index contributed by atoms with van der Waals surface area (Å²) < 4.78 is 26.5. The number of sulfonamides is 1. The summed E-state index contributed by atoms with van der Waals surface area (Å²) in [7, 11) is -3.35. The summed E-state index contributed by atoms with van der Waals surface area (Å²) in [6.45, 7) is 3.11. The van der Waals surface area contributed by atoms with Gasteiger partial charge in [0.05, 0.1) is 4.90 Å². The van der Waals surface area contributed by atoms with Crippen molar-refractivity contribution >= 4 is 27.5 Å². The largest absolute Gasteiger partial charge is 0.384 e. The lowest BCUT2D eigenvalue weighted by atomic mass is 9.84. The van der Waals surface area contributed by atoms with Crippen LogP contribution in [-0.2, 0) is 10.0 Å². The third kappa shape index (κ3) is 3.48. The first kappa shape index (κ1) is 15.7. The van der Waals surface area contributed by atoms with Gasteiger partial charge in [-0.2, -0.15) is 11.8 Å². The maximum absolute atomic E-state index is 11.8. The molecule has 2 N–H and O–H groups in total. The molecule has 0 aromatic heterocycles. The van der Waals surface area contributed by atoms with Gasteiger partial charge in [-0.1, -0.05) is 13.3 Å². The van der Waals surface area contributed by atoms with Crippen molar-refractivity contribution in [2.24, 2.45) is 0 Å². The summed E-state index contributed by atoms with van der Waals surface area (Å²) in [5.74, 6) is 0. The Hall–Kier alpha value is -0.720. The van der Waals surface area contributed by atoms with E-state index in [0.717, 1.165) is 12.2 Å². The molecule has 0 bridgehead atoms. The van der Waals surface area contributed by atoms with Gasteiger partial charge in [0.2, 0.25) is 10.0 Å². The molecule has 4 nitrogen and oxygen atoms in total. The molecule has 1 saturated carbocycles. The van der Waals surface area contributed by atoms with Crippen molar-refractivity contribution in [2.45, 2.75) is 35.8 Å². The minimum absolute atomic E-state index is 0.313. The van der Waals surface area contributed by atoms with Crippen molar-refractivity contribution < 1.29 is 8.42 Å². The Labute approximate surface area is 125 Å². The molecule has 2 rings (SSSR count). The second-order valence-electron chi connectivity index (χ2n) is 5.12. The van der Waals surface area contributed by atoms with Gasteiger partial charge in [0.25, 0.3) is 0 Å². The second-order valence-corrected chi connectivity index (χ2v) is 8.16. The Kier molecular flexibility index (Phi) is 4.99. The molecule has 1 aromatic carbocycles. The Morgan fingerprint density at radius 1 is 1.25 bits per heavy atom. The van der Waals surface area contributed by atoms with Gasteiger partial charge in [-0.05, 0) is 43.4 Å². The van der Waals surface area contributed by atoms with E-state index in [0.29, 0.717) is 16.2 Å². The number of rotatable bonds is 7. The van der Waals surface area contributed by atoms with Gasteiger partial charge in [-0.3, -0.25) is 0 Å². The Morgan fingerprint density at radius 3 is 2.35 bits per heavy atom. The molecular weight excluding hydrogens is 292 g/mol. The number of hydrogen-bond acceptors (Lipinski definition) is 4. The summed E-state index contributed by atoms with van der Waals surface area (Å²) in [5, 5.41) is 3.41. The number of hydrogen-bond donors (Lipinski definition) is 2. The van der Waals surface area contributed by atoms with Crippen molar-refractivity contribution in [3.8, 4) is 0 Å². The first-order chi connectivity index (χ1) is 9.51. The Morgan fingerprint density at radius 2 is 1.90 bits per heavy atom. The standard InChI is InChI=1S/C14H22N2O2S2/c1-3-16-20(17,18)13-7-5-12(6-8-13)15-11-14(19-2)9-4-10-14/h5-8,15-16H,3-4,9-11H2,1-2H3. The average molecular weight is 314 g/mol. The summed E-state index contributed by atoms with van der Waals surface area (Å²) >= 11 is 1.92. The molecule has 0 atom stereocenters. The zero-order valence-electron chi connectivity index (χ0n) is 12.0. The number of thioether (sulfide) groups is 1. The van der Waals surface area contributed by atoms with Crippen LogP contribution in [0.3, 0.4) is 0 Å². The minimum Gasteiger partial charge on any atom is -0.384 e. The molecule has 112 valence electrons. The van der Waals surface area contributed by atoms with Gasteiger partial charge >= 0.3 is 0 Å². The highest BCUT2D eigenvalue weighted by Gasteiger charge is 2.35. The highest BCUT2D eigenvalue weighted by atomic mass is 32.2. The predicted octanol–water partition coefficient (Wildman–Crippen LogP) is 2.68. The van der Waals surface area contributed by atoms with Gasteiger partial charge in [-0.15, -0.1) is 0 Å². The average Bonchev–Trinajstić information content (AvgIpc) is 2.38. The summed E-state index contributed by atoms with van der Waals surface area (Å²) in [5.41, 5.74) is 0.973. The van der Waals surface area contributed by atoms with Crippen molar-refractivity contribution in [1.29, 1.82) is 0 Å². The zero-order chi connectivity index (χ0) is 14.6. The fraction of sp³-hybridized carbons (Fsp3) is 0.571. The quantitative estimate of drug-likeness (QED) is 0.812. The van der Waals surface area contributed by atoms with E-state index in [-0.39, 0.29) is 0 Å². The molecule has 0 unspecified atom stereocenters. The smallest absolute Gasteiger partial charge is 0.240 e. The van der Waals surface area contributed by atoms with E-state index in [1.165, 1.54) is 19.3 Å². The van der Waals surface area contributed by atoms with E-state index in [1.54, 1.807) is 19.1 Å². The van der Waals surface area contributed by atoms with Gasteiger partial charge in [0, 0.05) is 23.5 Å². The van der Waals surface area contributed by atoms with E-state index in [9.17, 15) is 8.42 Å². The third-order valence-corrected chi connectivity index (χ3v) is 6.79.